The van der Waals surface area contributed by atoms with E-state index in [9.17, 15) is 4.79 Å². The van der Waals surface area contributed by atoms with Crippen molar-refractivity contribution in [3.05, 3.63) is 78.0 Å². The van der Waals surface area contributed by atoms with E-state index in [1.54, 1.807) is 37.6 Å². The summed E-state index contributed by atoms with van der Waals surface area (Å²) < 4.78 is 5.16. The number of nitrogens with two attached hydrogens (primary N) is 1. The molecule has 5 nitrogen and oxygen atoms in total. The van der Waals surface area contributed by atoms with E-state index in [0.717, 1.165) is 23.4 Å². The Morgan fingerprint density at radius 2 is 1.76 bits per heavy atom. The maximum absolute atomic E-state index is 12.1. The Hall–Kier alpha value is -3.36. The van der Waals surface area contributed by atoms with Gasteiger partial charge in [0.2, 0.25) is 0 Å². The summed E-state index contributed by atoms with van der Waals surface area (Å²) in [6.07, 6.45) is 8.06. The van der Waals surface area contributed by atoms with Crippen molar-refractivity contribution in [2.75, 3.05) is 19.1 Å². The lowest BCUT2D eigenvalue weighted by Crippen LogP contribution is -2.17. The van der Waals surface area contributed by atoms with Crippen LogP contribution in [-0.4, -0.2) is 26.0 Å². The van der Waals surface area contributed by atoms with Crippen LogP contribution in [0.2, 0.25) is 0 Å². The molecule has 0 amide bonds. The molecule has 34 heavy (non-hydrogen) atoms. The molecule has 1 unspecified atom stereocenters. The molecule has 2 aromatic carbocycles. The number of ether oxygens (including phenoxy) is 1. The van der Waals surface area contributed by atoms with Crippen LogP contribution in [0.1, 0.15) is 64.0 Å². The van der Waals surface area contributed by atoms with Crippen LogP contribution in [-0.2, 0) is 4.79 Å². The number of unbranched alkanes of at least 4 members (excludes halogenated alkanes) is 2. The molecule has 0 fully saturated rings. The minimum atomic E-state index is -0.0743. The molecule has 0 heterocycles. The highest BCUT2D eigenvalue weighted by Gasteiger charge is 2.12. The van der Waals surface area contributed by atoms with Crippen molar-refractivity contribution in [1.82, 2.24) is 0 Å². The van der Waals surface area contributed by atoms with E-state index in [1.165, 1.54) is 32.6 Å². The van der Waals surface area contributed by atoms with Crippen molar-refractivity contribution in [3.63, 3.8) is 0 Å². The van der Waals surface area contributed by atoms with E-state index >= 15 is 0 Å². The molecule has 0 aliphatic heterocycles. The number of carbonyl (C=O) groups excluding carboxylic acids is 1. The van der Waals surface area contributed by atoms with Crippen LogP contribution in [0, 0.1) is 11.3 Å². The number of nitrogens with zero attached hydrogens (tertiary/aromatic N) is 2. The maximum Gasteiger partial charge on any atom is 0.161 e. The van der Waals surface area contributed by atoms with Gasteiger partial charge in [0.25, 0.3) is 0 Å². The van der Waals surface area contributed by atoms with E-state index < -0.39 is 0 Å². The van der Waals surface area contributed by atoms with Gasteiger partial charge >= 0.3 is 0 Å². The third-order valence-corrected chi connectivity index (χ3v) is 5.57. The van der Waals surface area contributed by atoms with Crippen molar-refractivity contribution in [2.45, 2.75) is 58.9 Å². The van der Waals surface area contributed by atoms with E-state index in [-0.39, 0.29) is 5.78 Å². The second-order valence-corrected chi connectivity index (χ2v) is 8.24. The van der Waals surface area contributed by atoms with Crippen LogP contribution < -0.4 is 15.4 Å². The normalized spacial score (nSPS) is 11.5. The molecule has 5 heteroatoms. The fourth-order valence-corrected chi connectivity index (χ4v) is 3.23. The molecule has 2 aromatic rings. The first-order chi connectivity index (χ1) is 16.3. The summed E-state index contributed by atoms with van der Waals surface area (Å²) in [5.41, 5.74) is 9.15. The van der Waals surface area contributed by atoms with Crippen molar-refractivity contribution >= 4 is 17.0 Å². The molecule has 0 aliphatic carbocycles. The highest BCUT2D eigenvalue weighted by Crippen LogP contribution is 2.25. The summed E-state index contributed by atoms with van der Waals surface area (Å²) in [5, 5.41) is 8.89. The number of nitriles is 1. The van der Waals surface area contributed by atoms with E-state index in [4.69, 9.17) is 15.7 Å². The number of hydrogen-bond donors (Lipinski definition) is 1. The quantitative estimate of drug-likeness (QED) is 0.235. The highest BCUT2D eigenvalue weighted by atomic mass is 16.5. The number of benzene rings is 2. The SMILES string of the molecule is C=C(/C(=C\N(C)c1ccc(OC)cc1)C(C)=O)c1ccc(C#N)cc1.CCCCCC(N)CC. The van der Waals surface area contributed by atoms with Gasteiger partial charge in [0.1, 0.15) is 5.75 Å². The monoisotopic (exact) mass is 461 g/mol. The Bertz CT molecular complexity index is 970. The smallest absolute Gasteiger partial charge is 0.161 e. The van der Waals surface area contributed by atoms with Gasteiger partial charge in [-0.2, -0.15) is 5.26 Å². The van der Waals surface area contributed by atoms with Crippen molar-refractivity contribution < 1.29 is 9.53 Å². The maximum atomic E-state index is 12.1. The zero-order chi connectivity index (χ0) is 25.5. The second-order valence-electron chi connectivity index (χ2n) is 8.24. The minimum absolute atomic E-state index is 0.0743. The fourth-order valence-electron chi connectivity index (χ4n) is 3.23. The molecule has 0 saturated carbocycles. The minimum Gasteiger partial charge on any atom is -0.497 e. The molecule has 182 valence electrons. The van der Waals surface area contributed by atoms with Gasteiger partial charge in [-0.05, 0) is 67.3 Å². The van der Waals surface area contributed by atoms with Crippen LogP contribution in [0.5, 0.6) is 5.75 Å². The lowest BCUT2D eigenvalue weighted by molar-refractivity contribution is -0.113. The standard InChI is InChI=1S/C21H20N2O2.C8H19N/c1-15(18-7-5-17(13-22)6-8-18)21(16(2)24)14-23(3)19-9-11-20(25-4)12-10-19;1-3-5-6-7-8(9)4-2/h5-12,14H,1H2,2-4H3;8H,3-7,9H2,1-2H3/b21-14+;. The van der Waals surface area contributed by atoms with Gasteiger partial charge in [0.15, 0.2) is 5.78 Å². The summed E-state index contributed by atoms with van der Waals surface area (Å²) in [4.78, 5) is 14.0. The predicted molar refractivity (Wildman–Crippen MR) is 143 cm³/mol. The molecular weight excluding hydrogens is 422 g/mol. The van der Waals surface area contributed by atoms with Crippen molar-refractivity contribution in [3.8, 4) is 11.8 Å². The highest BCUT2D eigenvalue weighted by molar-refractivity contribution is 6.08. The van der Waals surface area contributed by atoms with Crippen LogP contribution >= 0.6 is 0 Å². The zero-order valence-electron chi connectivity index (χ0n) is 21.3. The first-order valence-corrected chi connectivity index (χ1v) is 11.8. The molecular formula is C29H39N3O2. The van der Waals surface area contributed by atoms with Gasteiger partial charge in [0.05, 0.1) is 18.7 Å². The fraction of sp³-hybridized carbons (Fsp3) is 0.379. The lowest BCUT2D eigenvalue weighted by Gasteiger charge is -2.18. The molecule has 2 rings (SSSR count). The van der Waals surface area contributed by atoms with Gasteiger partial charge in [0, 0.05) is 30.5 Å². The van der Waals surface area contributed by atoms with E-state index in [0.29, 0.717) is 22.8 Å². The topological polar surface area (TPSA) is 79.3 Å². The van der Waals surface area contributed by atoms with Gasteiger partial charge < -0.3 is 15.4 Å². The van der Waals surface area contributed by atoms with Crippen molar-refractivity contribution in [1.29, 1.82) is 5.26 Å². The van der Waals surface area contributed by atoms with Gasteiger partial charge in [-0.1, -0.05) is 51.8 Å². The Morgan fingerprint density at radius 1 is 1.15 bits per heavy atom. The number of methoxy groups -OCH3 is 1. The molecule has 0 aliphatic rings. The summed E-state index contributed by atoms with van der Waals surface area (Å²) in [7, 11) is 3.49. The lowest BCUT2D eigenvalue weighted by atomic mass is 9.96. The van der Waals surface area contributed by atoms with Crippen LogP contribution in [0.3, 0.4) is 0 Å². The molecule has 0 radical (unpaired) electrons. The number of rotatable bonds is 11. The Labute approximate surface area is 205 Å². The molecule has 0 saturated heterocycles. The zero-order valence-corrected chi connectivity index (χ0v) is 21.3. The summed E-state index contributed by atoms with van der Waals surface area (Å²) in [5.74, 6) is 0.699. The second kappa shape index (κ2) is 15.5. The first-order valence-electron chi connectivity index (χ1n) is 11.8. The van der Waals surface area contributed by atoms with Gasteiger partial charge in [-0.25, -0.2) is 0 Å². The average Bonchev–Trinajstić information content (AvgIpc) is 2.87. The molecule has 1 atom stereocenters. The number of hydrogen-bond acceptors (Lipinski definition) is 5. The van der Waals surface area contributed by atoms with E-state index in [1.807, 2.05) is 36.2 Å². The average molecular weight is 462 g/mol. The number of Topliss-reactive ketones (excluding diaryl/α,β-unsaturated/α-hetero) is 1. The molecule has 0 aromatic heterocycles. The summed E-state index contributed by atoms with van der Waals surface area (Å²) in [6, 6.07) is 17.1. The molecule has 2 N–H and O–H groups in total. The summed E-state index contributed by atoms with van der Waals surface area (Å²) >= 11 is 0. The number of anilines is 1. The Kier molecular flexibility index (Phi) is 13.0. The number of ketones is 1. The predicted octanol–water partition coefficient (Wildman–Crippen LogP) is 6.49. The van der Waals surface area contributed by atoms with Crippen LogP contribution in [0.15, 0.2) is 66.9 Å². The number of allylic oxidation sites excluding steroid dienone is 2. The van der Waals surface area contributed by atoms with Crippen LogP contribution in [0.4, 0.5) is 5.69 Å². The summed E-state index contributed by atoms with van der Waals surface area (Å²) in [6.45, 7) is 9.94. The Balaban J connectivity index is 0.000000546. The molecule has 0 spiro atoms. The van der Waals surface area contributed by atoms with Gasteiger partial charge in [-0.15, -0.1) is 0 Å². The van der Waals surface area contributed by atoms with E-state index in [2.05, 4.69) is 26.5 Å². The first kappa shape index (κ1) is 28.7. The number of carbonyl (C=O) groups is 1. The molecule has 0 bridgehead atoms. The van der Waals surface area contributed by atoms with Crippen LogP contribution in [0.25, 0.3) is 5.57 Å². The Morgan fingerprint density at radius 3 is 2.24 bits per heavy atom. The third kappa shape index (κ3) is 9.64. The van der Waals surface area contributed by atoms with Crippen molar-refractivity contribution in [2.24, 2.45) is 5.73 Å². The van der Waals surface area contributed by atoms with Gasteiger partial charge in [-0.3, -0.25) is 4.79 Å². The largest absolute Gasteiger partial charge is 0.497 e. The third-order valence-electron chi connectivity index (χ3n) is 5.57.